The molecular weight excluding hydrogens is 418 g/mol. The fourth-order valence-electron chi connectivity index (χ4n) is 3.17. The zero-order valence-corrected chi connectivity index (χ0v) is 18.9. The van der Waals surface area contributed by atoms with E-state index in [2.05, 4.69) is 20.4 Å². The number of nitrogens with zero attached hydrogens (tertiary/aromatic N) is 4. The fourth-order valence-corrected chi connectivity index (χ4v) is 3.17. The van der Waals surface area contributed by atoms with Gasteiger partial charge in [-0.1, -0.05) is 18.2 Å². The maximum atomic E-state index is 12.4. The number of ether oxygens (including phenoxy) is 2. The normalized spacial score (nSPS) is 11.6. The first kappa shape index (κ1) is 22.0. The number of amides is 1. The number of carbonyl (C=O) groups is 1. The van der Waals surface area contributed by atoms with Crippen LogP contribution in [0.4, 0.5) is 5.69 Å². The first-order chi connectivity index (χ1) is 15.9. The second kappa shape index (κ2) is 9.52. The first-order valence-electron chi connectivity index (χ1n) is 10.6. The zero-order chi connectivity index (χ0) is 23.4. The van der Waals surface area contributed by atoms with E-state index < -0.39 is 6.10 Å². The number of aryl methyl sites for hydroxylation is 1. The number of carbonyl (C=O) groups excluding carboxylic acids is 1. The van der Waals surface area contributed by atoms with Crippen LogP contribution in [0, 0.1) is 20.8 Å². The van der Waals surface area contributed by atoms with Crippen LogP contribution in [-0.2, 0) is 4.79 Å². The Hall–Kier alpha value is -4.20. The fraction of sp³-hybridized carbons (Fsp3) is 0.200. The summed E-state index contributed by atoms with van der Waals surface area (Å²) in [5, 5.41) is 7.37. The third-order valence-corrected chi connectivity index (χ3v) is 5.27. The Kier molecular flexibility index (Phi) is 6.35. The molecule has 0 radical (unpaired) electrons. The molecular formula is C25H25N5O3. The van der Waals surface area contributed by atoms with Crippen LogP contribution < -0.4 is 14.8 Å². The average molecular weight is 444 g/mol. The van der Waals surface area contributed by atoms with Crippen molar-refractivity contribution in [1.82, 2.24) is 19.7 Å². The highest BCUT2D eigenvalue weighted by molar-refractivity contribution is 5.94. The van der Waals surface area contributed by atoms with Crippen molar-refractivity contribution in [3.8, 4) is 23.2 Å². The van der Waals surface area contributed by atoms with Crippen molar-refractivity contribution in [2.45, 2.75) is 33.8 Å². The SMILES string of the molecule is Cc1nn(-c2cc(Oc3ccc(NC(=O)C(C)Oc4ccccc4)cc3)ncn2)c(C)c1C. The molecule has 1 atom stereocenters. The van der Waals surface area contributed by atoms with E-state index in [-0.39, 0.29) is 5.91 Å². The van der Waals surface area contributed by atoms with Gasteiger partial charge in [-0.3, -0.25) is 4.79 Å². The van der Waals surface area contributed by atoms with Crippen molar-refractivity contribution < 1.29 is 14.3 Å². The first-order valence-corrected chi connectivity index (χ1v) is 10.6. The molecule has 2 aromatic carbocycles. The molecule has 168 valence electrons. The van der Waals surface area contributed by atoms with Crippen LogP contribution >= 0.6 is 0 Å². The van der Waals surface area contributed by atoms with Crippen molar-refractivity contribution in [3.05, 3.63) is 83.9 Å². The van der Waals surface area contributed by atoms with Crippen molar-refractivity contribution in [1.29, 1.82) is 0 Å². The van der Waals surface area contributed by atoms with Gasteiger partial charge in [0.15, 0.2) is 11.9 Å². The summed E-state index contributed by atoms with van der Waals surface area (Å²) in [5.41, 5.74) is 3.73. The molecule has 0 aliphatic carbocycles. The number of rotatable bonds is 7. The molecule has 0 saturated carbocycles. The van der Waals surface area contributed by atoms with E-state index in [9.17, 15) is 4.79 Å². The lowest BCUT2D eigenvalue weighted by Crippen LogP contribution is -2.30. The van der Waals surface area contributed by atoms with Gasteiger partial charge in [-0.15, -0.1) is 0 Å². The molecule has 0 aliphatic rings. The highest BCUT2D eigenvalue weighted by Gasteiger charge is 2.15. The number of aromatic nitrogens is 4. The van der Waals surface area contributed by atoms with E-state index in [4.69, 9.17) is 9.47 Å². The molecule has 0 aliphatic heterocycles. The Morgan fingerprint density at radius 1 is 0.970 bits per heavy atom. The number of benzene rings is 2. The molecule has 2 heterocycles. The minimum absolute atomic E-state index is 0.242. The minimum Gasteiger partial charge on any atom is -0.481 e. The summed E-state index contributed by atoms with van der Waals surface area (Å²) in [7, 11) is 0. The largest absolute Gasteiger partial charge is 0.481 e. The summed E-state index contributed by atoms with van der Waals surface area (Å²) in [6.45, 7) is 7.70. The third-order valence-electron chi connectivity index (χ3n) is 5.27. The number of hydrogen-bond acceptors (Lipinski definition) is 6. The Labute approximate surface area is 192 Å². The molecule has 4 aromatic rings. The highest BCUT2D eigenvalue weighted by Crippen LogP contribution is 2.24. The smallest absolute Gasteiger partial charge is 0.265 e. The van der Waals surface area contributed by atoms with Crippen LogP contribution in [0.2, 0.25) is 0 Å². The van der Waals surface area contributed by atoms with Crippen LogP contribution in [-0.4, -0.2) is 31.8 Å². The summed E-state index contributed by atoms with van der Waals surface area (Å²) in [5.74, 6) is 2.00. The molecule has 0 saturated heterocycles. The van der Waals surface area contributed by atoms with E-state index in [1.807, 2.05) is 51.1 Å². The molecule has 8 nitrogen and oxygen atoms in total. The topological polar surface area (TPSA) is 91.2 Å². The predicted octanol–water partition coefficient (Wildman–Crippen LogP) is 4.79. The molecule has 0 bridgehead atoms. The summed E-state index contributed by atoms with van der Waals surface area (Å²) < 4.78 is 13.3. The van der Waals surface area contributed by atoms with Gasteiger partial charge in [0, 0.05) is 17.4 Å². The standard InChI is InChI=1S/C25H25N5O3/c1-16-17(2)29-30(18(16)3)23-14-24(27-15-26-23)33-22-12-10-20(11-13-22)28-25(31)19(4)32-21-8-6-5-7-9-21/h5-15,19H,1-4H3,(H,28,31). The monoisotopic (exact) mass is 443 g/mol. The number of para-hydroxylation sites is 1. The van der Waals surface area contributed by atoms with Gasteiger partial charge in [-0.2, -0.15) is 5.10 Å². The summed E-state index contributed by atoms with van der Waals surface area (Å²) in [6.07, 6.45) is 0.805. The van der Waals surface area contributed by atoms with Crippen molar-refractivity contribution in [2.75, 3.05) is 5.32 Å². The van der Waals surface area contributed by atoms with Gasteiger partial charge in [0.2, 0.25) is 5.88 Å². The molecule has 1 unspecified atom stereocenters. The molecule has 4 rings (SSSR count). The molecule has 1 amide bonds. The molecule has 8 heteroatoms. The van der Waals surface area contributed by atoms with E-state index in [0.29, 0.717) is 28.9 Å². The maximum absolute atomic E-state index is 12.4. The number of hydrogen-bond donors (Lipinski definition) is 1. The molecule has 2 aromatic heterocycles. The number of nitrogens with one attached hydrogen (secondary N) is 1. The second-order valence-corrected chi connectivity index (χ2v) is 7.61. The Morgan fingerprint density at radius 2 is 1.70 bits per heavy atom. The number of anilines is 1. The van der Waals surface area contributed by atoms with Crippen LogP contribution in [0.5, 0.6) is 17.4 Å². The van der Waals surface area contributed by atoms with Gasteiger partial charge in [0.25, 0.3) is 5.91 Å². The lowest BCUT2D eigenvalue weighted by Gasteiger charge is -2.15. The lowest BCUT2D eigenvalue weighted by atomic mass is 10.2. The highest BCUT2D eigenvalue weighted by atomic mass is 16.5. The minimum atomic E-state index is -0.638. The van der Waals surface area contributed by atoms with Gasteiger partial charge >= 0.3 is 0 Å². The van der Waals surface area contributed by atoms with Crippen LogP contribution in [0.15, 0.2) is 67.0 Å². The average Bonchev–Trinajstić information content (AvgIpc) is 3.08. The van der Waals surface area contributed by atoms with E-state index in [1.165, 1.54) is 6.33 Å². The van der Waals surface area contributed by atoms with E-state index >= 15 is 0 Å². The van der Waals surface area contributed by atoms with Gasteiger partial charge in [0.05, 0.1) is 5.69 Å². The molecule has 0 fully saturated rings. The van der Waals surface area contributed by atoms with Crippen LogP contribution in [0.25, 0.3) is 5.82 Å². The molecule has 0 spiro atoms. The van der Waals surface area contributed by atoms with E-state index in [1.54, 1.807) is 41.9 Å². The zero-order valence-electron chi connectivity index (χ0n) is 18.9. The maximum Gasteiger partial charge on any atom is 0.265 e. The summed E-state index contributed by atoms with van der Waals surface area (Å²) >= 11 is 0. The Bertz CT molecular complexity index is 1250. The van der Waals surface area contributed by atoms with Crippen molar-refractivity contribution in [3.63, 3.8) is 0 Å². The molecule has 1 N–H and O–H groups in total. The summed E-state index contributed by atoms with van der Waals surface area (Å²) in [6, 6.07) is 18.0. The summed E-state index contributed by atoms with van der Waals surface area (Å²) in [4.78, 5) is 20.9. The van der Waals surface area contributed by atoms with Gasteiger partial charge in [-0.25, -0.2) is 14.6 Å². The lowest BCUT2D eigenvalue weighted by molar-refractivity contribution is -0.122. The van der Waals surface area contributed by atoms with Gasteiger partial charge < -0.3 is 14.8 Å². The Morgan fingerprint density at radius 3 is 2.36 bits per heavy atom. The van der Waals surface area contributed by atoms with Crippen molar-refractivity contribution in [2.24, 2.45) is 0 Å². The van der Waals surface area contributed by atoms with E-state index in [0.717, 1.165) is 17.0 Å². The van der Waals surface area contributed by atoms with Crippen LogP contribution in [0.1, 0.15) is 23.9 Å². The van der Waals surface area contributed by atoms with Gasteiger partial charge in [-0.05, 0) is 69.7 Å². The Balaban J connectivity index is 1.40. The quantitative estimate of drug-likeness (QED) is 0.442. The van der Waals surface area contributed by atoms with Gasteiger partial charge in [0.1, 0.15) is 17.8 Å². The van der Waals surface area contributed by atoms with Crippen molar-refractivity contribution >= 4 is 11.6 Å². The molecule has 33 heavy (non-hydrogen) atoms. The van der Waals surface area contributed by atoms with Crippen LogP contribution in [0.3, 0.4) is 0 Å². The third kappa shape index (κ3) is 5.17. The second-order valence-electron chi connectivity index (χ2n) is 7.61. The predicted molar refractivity (Wildman–Crippen MR) is 125 cm³/mol.